The molecular formula is C13H22N2O3S. The average Bonchev–Trinajstić information content (AvgIpc) is 3.20. The molecule has 1 aliphatic carbocycles. The topological polar surface area (TPSA) is 66.5 Å². The van der Waals surface area contributed by atoms with Crippen LogP contribution in [0.3, 0.4) is 0 Å². The summed E-state index contributed by atoms with van der Waals surface area (Å²) in [4.78, 5) is 26.2. The maximum atomic E-state index is 12.6. The summed E-state index contributed by atoms with van der Waals surface area (Å²) in [7, 11) is -0.915. The van der Waals surface area contributed by atoms with Crippen molar-refractivity contribution in [2.45, 2.75) is 45.2 Å². The van der Waals surface area contributed by atoms with Crippen LogP contribution in [0.5, 0.6) is 0 Å². The highest BCUT2D eigenvalue weighted by Crippen LogP contribution is 2.42. The van der Waals surface area contributed by atoms with Gasteiger partial charge in [-0.2, -0.15) is 0 Å². The van der Waals surface area contributed by atoms with Gasteiger partial charge in [0.05, 0.1) is 0 Å². The molecule has 5 nitrogen and oxygen atoms in total. The summed E-state index contributed by atoms with van der Waals surface area (Å²) >= 11 is 0. The van der Waals surface area contributed by atoms with E-state index in [1.807, 2.05) is 13.8 Å². The first-order valence-electron chi connectivity index (χ1n) is 6.88. The molecule has 1 aliphatic heterocycles. The number of carbonyl (C=O) groups is 2. The summed E-state index contributed by atoms with van der Waals surface area (Å²) in [6.45, 7) is 5.81. The molecule has 19 heavy (non-hydrogen) atoms. The minimum absolute atomic E-state index is 0.0183. The van der Waals surface area contributed by atoms with E-state index in [1.54, 1.807) is 11.8 Å². The number of hydrogen-bond donors (Lipinski definition) is 1. The SMILES string of the molecule is CCS(=O)CCN1C(=O)C(C)(C2CC2)NC(=O)C1C. The van der Waals surface area contributed by atoms with E-state index < -0.39 is 22.4 Å². The van der Waals surface area contributed by atoms with Crippen molar-refractivity contribution in [2.24, 2.45) is 5.92 Å². The van der Waals surface area contributed by atoms with Gasteiger partial charge in [-0.15, -0.1) is 0 Å². The zero-order valence-electron chi connectivity index (χ0n) is 11.8. The molecule has 2 rings (SSSR count). The molecule has 1 N–H and O–H groups in total. The Balaban J connectivity index is 2.12. The molecule has 3 atom stereocenters. The normalized spacial score (nSPS) is 33.2. The Morgan fingerprint density at radius 3 is 2.58 bits per heavy atom. The number of nitrogens with one attached hydrogen (secondary N) is 1. The van der Waals surface area contributed by atoms with E-state index in [2.05, 4.69) is 5.32 Å². The third kappa shape index (κ3) is 2.68. The second kappa shape index (κ2) is 5.23. The third-order valence-corrected chi connectivity index (χ3v) is 5.49. The summed E-state index contributed by atoms with van der Waals surface area (Å²) in [5, 5.41) is 2.88. The lowest BCUT2D eigenvalue weighted by Crippen LogP contribution is -2.69. The predicted molar refractivity (Wildman–Crippen MR) is 74.0 cm³/mol. The van der Waals surface area contributed by atoms with E-state index in [-0.39, 0.29) is 17.7 Å². The van der Waals surface area contributed by atoms with Crippen LogP contribution in [-0.2, 0) is 20.4 Å². The fourth-order valence-corrected chi connectivity index (χ4v) is 3.30. The van der Waals surface area contributed by atoms with Crippen molar-refractivity contribution in [1.82, 2.24) is 10.2 Å². The minimum Gasteiger partial charge on any atom is -0.340 e. The van der Waals surface area contributed by atoms with E-state index in [9.17, 15) is 13.8 Å². The van der Waals surface area contributed by atoms with E-state index >= 15 is 0 Å². The second-order valence-electron chi connectivity index (χ2n) is 5.57. The third-order valence-electron chi connectivity index (χ3n) is 4.21. The number of rotatable bonds is 5. The van der Waals surface area contributed by atoms with Crippen LogP contribution in [-0.4, -0.2) is 50.6 Å². The molecule has 6 heteroatoms. The van der Waals surface area contributed by atoms with Gasteiger partial charge in [0.25, 0.3) is 0 Å². The molecule has 0 aromatic carbocycles. The van der Waals surface area contributed by atoms with Crippen LogP contribution in [0.2, 0.25) is 0 Å². The summed E-state index contributed by atoms with van der Waals surface area (Å²) in [6, 6.07) is -0.465. The van der Waals surface area contributed by atoms with E-state index in [0.29, 0.717) is 18.1 Å². The van der Waals surface area contributed by atoms with Gasteiger partial charge in [0, 0.05) is 28.9 Å². The molecule has 1 heterocycles. The Labute approximate surface area is 116 Å². The zero-order chi connectivity index (χ0) is 14.2. The van der Waals surface area contributed by atoms with Crippen LogP contribution >= 0.6 is 0 Å². The highest BCUT2D eigenvalue weighted by molar-refractivity contribution is 7.84. The minimum atomic E-state index is -0.915. The smallest absolute Gasteiger partial charge is 0.249 e. The first-order valence-corrected chi connectivity index (χ1v) is 8.37. The van der Waals surface area contributed by atoms with E-state index in [0.717, 1.165) is 12.8 Å². The fraction of sp³-hybridized carbons (Fsp3) is 0.846. The van der Waals surface area contributed by atoms with Crippen molar-refractivity contribution in [1.29, 1.82) is 0 Å². The van der Waals surface area contributed by atoms with Crippen LogP contribution in [0.15, 0.2) is 0 Å². The zero-order valence-corrected chi connectivity index (χ0v) is 12.6. The maximum Gasteiger partial charge on any atom is 0.249 e. The van der Waals surface area contributed by atoms with Crippen LogP contribution in [0.1, 0.15) is 33.6 Å². The van der Waals surface area contributed by atoms with Gasteiger partial charge in [-0.05, 0) is 32.6 Å². The molecule has 2 aliphatic rings. The summed E-state index contributed by atoms with van der Waals surface area (Å²) in [6.07, 6.45) is 1.98. The molecule has 0 aromatic heterocycles. The average molecular weight is 286 g/mol. The van der Waals surface area contributed by atoms with Crippen molar-refractivity contribution in [2.75, 3.05) is 18.1 Å². The Bertz CT molecular complexity index is 422. The largest absolute Gasteiger partial charge is 0.340 e. The second-order valence-corrected chi connectivity index (χ2v) is 7.44. The Morgan fingerprint density at radius 2 is 2.05 bits per heavy atom. The van der Waals surface area contributed by atoms with Crippen LogP contribution in [0.25, 0.3) is 0 Å². The molecule has 0 spiro atoms. The summed E-state index contributed by atoms with van der Waals surface area (Å²) in [5.41, 5.74) is -0.753. The van der Waals surface area contributed by atoms with Gasteiger partial charge < -0.3 is 10.2 Å². The van der Waals surface area contributed by atoms with Crippen molar-refractivity contribution in [3.8, 4) is 0 Å². The number of amides is 2. The molecule has 2 fully saturated rings. The monoisotopic (exact) mass is 286 g/mol. The Kier molecular flexibility index (Phi) is 3.99. The number of piperazine rings is 1. The van der Waals surface area contributed by atoms with Crippen molar-refractivity contribution in [3.63, 3.8) is 0 Å². The van der Waals surface area contributed by atoms with Crippen molar-refractivity contribution >= 4 is 22.6 Å². The Hall–Kier alpha value is -0.910. The van der Waals surface area contributed by atoms with Gasteiger partial charge in [0.2, 0.25) is 11.8 Å². The number of hydrogen-bond acceptors (Lipinski definition) is 3. The van der Waals surface area contributed by atoms with Gasteiger partial charge in [0.1, 0.15) is 11.6 Å². The molecule has 1 saturated carbocycles. The predicted octanol–water partition coefficient (Wildman–Crippen LogP) is 0.271. The first-order chi connectivity index (χ1) is 8.90. The lowest BCUT2D eigenvalue weighted by Gasteiger charge is -2.43. The van der Waals surface area contributed by atoms with E-state index in [4.69, 9.17) is 0 Å². The fourth-order valence-electron chi connectivity index (χ4n) is 2.61. The van der Waals surface area contributed by atoms with E-state index in [1.165, 1.54) is 0 Å². The lowest BCUT2D eigenvalue weighted by molar-refractivity contribution is -0.154. The molecule has 3 unspecified atom stereocenters. The molecule has 0 bridgehead atoms. The lowest BCUT2D eigenvalue weighted by atomic mass is 9.90. The number of carbonyl (C=O) groups excluding carboxylic acids is 2. The van der Waals surface area contributed by atoms with Crippen LogP contribution in [0.4, 0.5) is 0 Å². The van der Waals surface area contributed by atoms with Gasteiger partial charge >= 0.3 is 0 Å². The highest BCUT2D eigenvalue weighted by Gasteiger charge is 2.54. The quantitative estimate of drug-likeness (QED) is 0.789. The van der Waals surface area contributed by atoms with Gasteiger partial charge in [0.15, 0.2) is 0 Å². The molecular weight excluding hydrogens is 264 g/mol. The van der Waals surface area contributed by atoms with Crippen molar-refractivity contribution < 1.29 is 13.8 Å². The highest BCUT2D eigenvalue weighted by atomic mass is 32.2. The first kappa shape index (κ1) is 14.5. The number of nitrogens with zero attached hydrogens (tertiary/aromatic N) is 1. The van der Waals surface area contributed by atoms with Gasteiger partial charge in [-0.3, -0.25) is 13.8 Å². The van der Waals surface area contributed by atoms with Crippen LogP contribution < -0.4 is 5.32 Å². The molecule has 0 radical (unpaired) electrons. The summed E-state index contributed by atoms with van der Waals surface area (Å²) < 4.78 is 11.5. The van der Waals surface area contributed by atoms with Gasteiger partial charge in [-0.25, -0.2) is 0 Å². The van der Waals surface area contributed by atoms with Crippen LogP contribution in [0, 0.1) is 5.92 Å². The maximum absolute atomic E-state index is 12.6. The van der Waals surface area contributed by atoms with Gasteiger partial charge in [-0.1, -0.05) is 6.92 Å². The molecule has 2 amide bonds. The molecule has 1 saturated heterocycles. The molecule has 0 aromatic rings. The standard InChI is InChI=1S/C13H22N2O3S/c1-4-19(18)8-7-15-9(2)11(16)14-13(3,12(15)17)10-5-6-10/h9-10H,4-8H2,1-3H3,(H,14,16). The van der Waals surface area contributed by atoms with Crippen molar-refractivity contribution in [3.05, 3.63) is 0 Å². The molecule has 108 valence electrons. The summed E-state index contributed by atoms with van der Waals surface area (Å²) in [5.74, 6) is 1.17. The Morgan fingerprint density at radius 1 is 1.42 bits per heavy atom.